The Morgan fingerprint density at radius 3 is 2.27 bits per heavy atom. The van der Waals surface area contributed by atoms with Crippen molar-refractivity contribution < 1.29 is 19.0 Å². The molecule has 1 saturated carbocycles. The summed E-state index contributed by atoms with van der Waals surface area (Å²) in [5.74, 6) is 2.27. The average molecular weight is 411 g/mol. The van der Waals surface area contributed by atoms with E-state index in [1.807, 2.05) is 62.4 Å². The van der Waals surface area contributed by atoms with Gasteiger partial charge in [0.25, 0.3) is 0 Å². The molecule has 1 saturated heterocycles. The van der Waals surface area contributed by atoms with Crippen LogP contribution in [0.2, 0.25) is 0 Å². The highest BCUT2D eigenvalue weighted by Crippen LogP contribution is 2.43. The van der Waals surface area contributed by atoms with E-state index in [9.17, 15) is 4.79 Å². The average Bonchev–Trinajstić information content (AvgIpc) is 3.30. The van der Waals surface area contributed by atoms with Crippen molar-refractivity contribution in [2.45, 2.75) is 57.2 Å². The summed E-state index contributed by atoms with van der Waals surface area (Å²) in [5.41, 5.74) is 7.26. The molecule has 0 bridgehead atoms. The Hall–Kier alpha value is -2.73. The maximum atomic E-state index is 12.2. The van der Waals surface area contributed by atoms with Gasteiger partial charge in [0.2, 0.25) is 0 Å². The first-order valence-electron chi connectivity index (χ1n) is 10.7. The predicted molar refractivity (Wildman–Crippen MR) is 115 cm³/mol. The van der Waals surface area contributed by atoms with Crippen molar-refractivity contribution in [3.05, 3.63) is 54.1 Å². The van der Waals surface area contributed by atoms with Crippen LogP contribution in [0.4, 0.5) is 4.79 Å². The molecule has 1 heterocycles. The lowest BCUT2D eigenvalue weighted by molar-refractivity contribution is 0.0656. The summed E-state index contributed by atoms with van der Waals surface area (Å²) >= 11 is 0. The highest BCUT2D eigenvalue weighted by Gasteiger charge is 2.39. The molecular formula is C24H30N2O4. The van der Waals surface area contributed by atoms with E-state index in [0.29, 0.717) is 6.61 Å². The van der Waals surface area contributed by atoms with E-state index >= 15 is 0 Å². The maximum absolute atomic E-state index is 12.2. The largest absolute Gasteiger partial charge is 0.491 e. The number of benzene rings is 2. The van der Waals surface area contributed by atoms with Crippen LogP contribution in [0.5, 0.6) is 17.2 Å². The van der Waals surface area contributed by atoms with Crippen LogP contribution in [0.3, 0.4) is 0 Å². The lowest BCUT2D eigenvalue weighted by atomic mass is 10.1. The molecule has 2 aliphatic rings. The number of nitrogens with two attached hydrogens (primary N) is 1. The van der Waals surface area contributed by atoms with E-state index in [1.54, 1.807) is 4.90 Å². The molecule has 6 nitrogen and oxygen atoms in total. The molecule has 160 valence electrons. The molecule has 0 aromatic heterocycles. The molecule has 2 aromatic carbocycles. The van der Waals surface area contributed by atoms with E-state index in [4.69, 9.17) is 19.9 Å². The van der Waals surface area contributed by atoms with Crippen molar-refractivity contribution in [1.82, 2.24) is 4.90 Å². The first-order valence-corrected chi connectivity index (χ1v) is 10.7. The number of ether oxygens (including phenoxy) is 3. The van der Waals surface area contributed by atoms with Crippen LogP contribution in [0, 0.1) is 0 Å². The predicted octanol–water partition coefficient (Wildman–Crippen LogP) is 4.81. The molecule has 1 amide bonds. The fraction of sp³-hybridized carbons (Fsp3) is 0.458. The molecule has 1 aliphatic heterocycles. The van der Waals surface area contributed by atoms with Crippen molar-refractivity contribution in [1.29, 1.82) is 0 Å². The van der Waals surface area contributed by atoms with Gasteiger partial charge in [-0.2, -0.15) is 0 Å². The number of nitrogens with zero attached hydrogens (tertiary/aromatic N) is 1. The van der Waals surface area contributed by atoms with E-state index < -0.39 is 0 Å². The van der Waals surface area contributed by atoms with E-state index in [1.165, 1.54) is 0 Å². The Bertz CT molecular complexity index is 860. The van der Waals surface area contributed by atoms with Gasteiger partial charge in [-0.15, -0.1) is 0 Å². The van der Waals surface area contributed by atoms with E-state index in [0.717, 1.165) is 55.0 Å². The van der Waals surface area contributed by atoms with Gasteiger partial charge in [0.15, 0.2) is 0 Å². The van der Waals surface area contributed by atoms with Crippen LogP contribution < -0.4 is 15.2 Å². The number of amides is 1. The molecule has 1 unspecified atom stereocenters. The Labute approximate surface area is 177 Å². The van der Waals surface area contributed by atoms with Gasteiger partial charge in [-0.3, -0.25) is 0 Å². The van der Waals surface area contributed by atoms with Gasteiger partial charge >= 0.3 is 6.09 Å². The Kier molecular flexibility index (Phi) is 5.86. The second-order valence-corrected chi connectivity index (χ2v) is 8.49. The van der Waals surface area contributed by atoms with Crippen molar-refractivity contribution >= 4 is 6.09 Å². The highest BCUT2D eigenvalue weighted by molar-refractivity contribution is 5.68. The zero-order valence-electron chi connectivity index (χ0n) is 17.7. The molecule has 4 rings (SSSR count). The minimum atomic E-state index is -0.256. The van der Waals surface area contributed by atoms with Crippen LogP contribution in [0.25, 0.3) is 0 Å². The van der Waals surface area contributed by atoms with Gasteiger partial charge in [0, 0.05) is 12.1 Å². The molecular weight excluding hydrogens is 380 g/mol. The Morgan fingerprint density at radius 2 is 1.67 bits per heavy atom. The van der Waals surface area contributed by atoms with Gasteiger partial charge in [0.05, 0.1) is 12.1 Å². The summed E-state index contributed by atoms with van der Waals surface area (Å²) in [6, 6.07) is 15.6. The fourth-order valence-corrected chi connectivity index (χ4v) is 3.73. The van der Waals surface area contributed by atoms with Gasteiger partial charge in [0.1, 0.15) is 23.9 Å². The summed E-state index contributed by atoms with van der Waals surface area (Å²) in [4.78, 5) is 14.0. The summed E-state index contributed by atoms with van der Waals surface area (Å²) in [6.07, 6.45) is 3.62. The summed E-state index contributed by atoms with van der Waals surface area (Å²) < 4.78 is 17.2. The number of rotatable bonds is 7. The summed E-state index contributed by atoms with van der Waals surface area (Å²) in [5, 5.41) is 0. The summed E-state index contributed by atoms with van der Waals surface area (Å²) in [7, 11) is 0. The standard InChI is InChI=1S/C24H30N2O4/c1-17(2)29-23(27)26-15-3-4-19(26)16-28-20-9-11-22(12-10-20)30-21-7-5-18(6-8-21)24(25)13-14-24/h5-12,17,19H,3-4,13-16,25H2,1-2H3. The molecule has 2 N–H and O–H groups in total. The molecule has 30 heavy (non-hydrogen) atoms. The molecule has 6 heteroatoms. The van der Waals surface area contributed by atoms with Crippen molar-refractivity contribution in [2.75, 3.05) is 13.2 Å². The SMILES string of the molecule is CC(C)OC(=O)N1CCCC1COc1ccc(Oc2ccc(C3(N)CC3)cc2)cc1. The van der Waals surface area contributed by atoms with E-state index in [-0.39, 0.29) is 23.8 Å². The number of hydrogen-bond acceptors (Lipinski definition) is 5. The third-order valence-corrected chi connectivity index (χ3v) is 5.67. The van der Waals surface area contributed by atoms with Crippen molar-refractivity contribution in [3.63, 3.8) is 0 Å². The lowest BCUT2D eigenvalue weighted by Crippen LogP contribution is -2.40. The third kappa shape index (κ3) is 4.87. The Morgan fingerprint density at radius 1 is 1.07 bits per heavy atom. The van der Waals surface area contributed by atoms with Gasteiger partial charge in [-0.1, -0.05) is 12.1 Å². The third-order valence-electron chi connectivity index (χ3n) is 5.67. The second-order valence-electron chi connectivity index (χ2n) is 8.49. The molecule has 2 aromatic rings. The quantitative estimate of drug-likeness (QED) is 0.709. The van der Waals surface area contributed by atoms with Crippen LogP contribution in [0.15, 0.2) is 48.5 Å². The van der Waals surface area contributed by atoms with E-state index in [2.05, 4.69) is 0 Å². The molecule has 0 spiro atoms. The fourth-order valence-electron chi connectivity index (χ4n) is 3.73. The maximum Gasteiger partial charge on any atom is 0.410 e. The minimum Gasteiger partial charge on any atom is -0.491 e. The first-order chi connectivity index (χ1) is 14.4. The van der Waals surface area contributed by atoms with Crippen molar-refractivity contribution in [2.24, 2.45) is 5.73 Å². The molecule has 2 fully saturated rings. The smallest absolute Gasteiger partial charge is 0.410 e. The number of carbonyl (C=O) groups is 1. The van der Waals surface area contributed by atoms with Crippen LogP contribution in [-0.4, -0.2) is 36.3 Å². The number of carbonyl (C=O) groups excluding carboxylic acids is 1. The Balaban J connectivity index is 1.29. The van der Waals surface area contributed by atoms with Gasteiger partial charge < -0.3 is 24.8 Å². The molecule has 0 radical (unpaired) electrons. The summed E-state index contributed by atoms with van der Waals surface area (Å²) in [6.45, 7) is 4.89. The normalized spacial score (nSPS) is 19.6. The second kappa shape index (κ2) is 8.56. The molecule has 1 atom stereocenters. The number of hydrogen-bond donors (Lipinski definition) is 1. The number of likely N-dealkylation sites (tertiary alicyclic amines) is 1. The van der Waals surface area contributed by atoms with Crippen LogP contribution in [0.1, 0.15) is 45.1 Å². The van der Waals surface area contributed by atoms with Gasteiger partial charge in [-0.25, -0.2) is 4.79 Å². The topological polar surface area (TPSA) is 74.0 Å². The lowest BCUT2D eigenvalue weighted by Gasteiger charge is -2.25. The highest BCUT2D eigenvalue weighted by atomic mass is 16.6. The first kappa shape index (κ1) is 20.5. The minimum absolute atomic E-state index is 0.0444. The van der Waals surface area contributed by atoms with Crippen LogP contribution >= 0.6 is 0 Å². The van der Waals surface area contributed by atoms with Crippen molar-refractivity contribution in [3.8, 4) is 17.2 Å². The van der Waals surface area contributed by atoms with Gasteiger partial charge in [-0.05, 0) is 81.5 Å². The van der Waals surface area contributed by atoms with Crippen LogP contribution in [-0.2, 0) is 10.3 Å². The molecule has 1 aliphatic carbocycles. The zero-order chi connectivity index (χ0) is 21.1. The zero-order valence-corrected chi connectivity index (χ0v) is 17.7. The monoisotopic (exact) mass is 410 g/mol.